The minimum Gasteiger partial charge on any atom is -0.383 e. The average Bonchev–Trinajstić information content (AvgIpc) is 2.41. The summed E-state index contributed by atoms with van der Waals surface area (Å²) in [6.07, 6.45) is 2.24. The van der Waals surface area contributed by atoms with E-state index in [0.717, 1.165) is 39.1 Å². The van der Waals surface area contributed by atoms with Crippen LogP contribution in [-0.4, -0.2) is 63.4 Å². The van der Waals surface area contributed by atoms with Crippen LogP contribution >= 0.6 is 12.4 Å². The maximum absolute atomic E-state index is 11.9. The van der Waals surface area contributed by atoms with E-state index in [4.69, 9.17) is 9.47 Å². The molecule has 0 bridgehead atoms. The summed E-state index contributed by atoms with van der Waals surface area (Å²) in [4.78, 5) is 13.8. The van der Waals surface area contributed by atoms with Gasteiger partial charge in [0.1, 0.15) is 0 Å². The molecule has 0 spiro atoms. The molecule has 1 amide bonds. The number of nitrogens with zero attached hydrogens (tertiary/aromatic N) is 1. The second kappa shape index (κ2) is 11.3. The van der Waals surface area contributed by atoms with Gasteiger partial charge >= 0.3 is 0 Å². The first kappa shape index (κ1) is 19.6. The van der Waals surface area contributed by atoms with Crippen molar-refractivity contribution in [2.45, 2.75) is 32.8 Å². The molecule has 1 saturated heterocycles. The van der Waals surface area contributed by atoms with Gasteiger partial charge in [-0.05, 0) is 18.8 Å². The minimum absolute atomic E-state index is 0. The Hall–Kier alpha value is -0.360. The van der Waals surface area contributed by atoms with Gasteiger partial charge in [0.2, 0.25) is 5.91 Å². The number of hydrogen-bond donors (Lipinski definition) is 1. The quantitative estimate of drug-likeness (QED) is 0.687. The summed E-state index contributed by atoms with van der Waals surface area (Å²) in [5.74, 6) is 0.753. The lowest BCUT2D eigenvalue weighted by atomic mass is 10.1. The maximum Gasteiger partial charge on any atom is 0.236 e. The first-order valence-corrected chi connectivity index (χ1v) is 7.22. The molecule has 20 heavy (non-hydrogen) atoms. The average molecular weight is 309 g/mol. The lowest BCUT2D eigenvalue weighted by Gasteiger charge is -2.32. The van der Waals surface area contributed by atoms with Crippen LogP contribution in [0.25, 0.3) is 0 Å². The summed E-state index contributed by atoms with van der Waals surface area (Å²) < 4.78 is 10.7. The fourth-order valence-corrected chi connectivity index (χ4v) is 2.08. The number of halogens is 1. The topological polar surface area (TPSA) is 50.8 Å². The summed E-state index contributed by atoms with van der Waals surface area (Å²) in [7, 11) is 1.66. The van der Waals surface area contributed by atoms with Gasteiger partial charge in [0.25, 0.3) is 0 Å². The Kier molecular flexibility index (Phi) is 11.1. The van der Waals surface area contributed by atoms with Crippen LogP contribution in [0, 0.1) is 5.92 Å². The van der Waals surface area contributed by atoms with Crippen molar-refractivity contribution in [3.05, 3.63) is 0 Å². The number of amides is 1. The van der Waals surface area contributed by atoms with Crippen LogP contribution in [0.15, 0.2) is 0 Å². The number of likely N-dealkylation sites (tertiary alicyclic amines) is 1. The second-order valence-corrected chi connectivity index (χ2v) is 5.48. The lowest BCUT2D eigenvalue weighted by molar-refractivity contribution is -0.133. The van der Waals surface area contributed by atoms with Gasteiger partial charge < -0.3 is 19.7 Å². The zero-order valence-electron chi connectivity index (χ0n) is 12.9. The second-order valence-electron chi connectivity index (χ2n) is 5.48. The van der Waals surface area contributed by atoms with Gasteiger partial charge in [0.15, 0.2) is 0 Å². The van der Waals surface area contributed by atoms with E-state index in [0.29, 0.717) is 25.2 Å². The van der Waals surface area contributed by atoms with E-state index in [1.165, 1.54) is 0 Å². The summed E-state index contributed by atoms with van der Waals surface area (Å²) >= 11 is 0. The summed E-state index contributed by atoms with van der Waals surface area (Å²) in [5.41, 5.74) is 0. The Bertz CT molecular complexity index is 257. The number of carbonyl (C=O) groups is 1. The predicted molar refractivity (Wildman–Crippen MR) is 82.4 cm³/mol. The van der Waals surface area contributed by atoms with Crippen molar-refractivity contribution in [3.8, 4) is 0 Å². The van der Waals surface area contributed by atoms with Crippen molar-refractivity contribution in [2.24, 2.45) is 5.92 Å². The standard InChI is InChI=1S/C14H28N2O3.ClH/c1-12(2)11-19-13-4-7-16(8-5-13)14(17)10-15-6-9-18-3;/h12-13,15H,4-11H2,1-3H3;1H. The van der Waals surface area contributed by atoms with Crippen molar-refractivity contribution in [1.29, 1.82) is 0 Å². The molecule has 5 nitrogen and oxygen atoms in total. The van der Waals surface area contributed by atoms with Crippen LogP contribution in [0.4, 0.5) is 0 Å². The summed E-state index contributed by atoms with van der Waals surface area (Å²) in [6, 6.07) is 0. The van der Waals surface area contributed by atoms with Crippen molar-refractivity contribution in [1.82, 2.24) is 10.2 Å². The maximum atomic E-state index is 11.9. The molecule has 1 aliphatic heterocycles. The number of piperidine rings is 1. The number of hydrogen-bond acceptors (Lipinski definition) is 4. The van der Waals surface area contributed by atoms with Gasteiger partial charge in [0, 0.05) is 33.4 Å². The van der Waals surface area contributed by atoms with Crippen molar-refractivity contribution in [3.63, 3.8) is 0 Å². The van der Waals surface area contributed by atoms with E-state index in [2.05, 4.69) is 19.2 Å². The highest BCUT2D eigenvalue weighted by Gasteiger charge is 2.22. The molecule has 0 aliphatic carbocycles. The molecule has 0 radical (unpaired) electrons. The Balaban J connectivity index is 0.00000361. The highest BCUT2D eigenvalue weighted by atomic mass is 35.5. The van der Waals surface area contributed by atoms with Gasteiger partial charge in [-0.3, -0.25) is 4.79 Å². The summed E-state index contributed by atoms with van der Waals surface area (Å²) in [5, 5.41) is 3.09. The third kappa shape index (κ3) is 8.04. The first-order valence-electron chi connectivity index (χ1n) is 7.22. The molecule has 1 fully saturated rings. The van der Waals surface area contributed by atoms with E-state index in [-0.39, 0.29) is 18.3 Å². The molecule has 120 valence electrons. The number of carbonyl (C=O) groups excluding carboxylic acids is 1. The number of nitrogens with one attached hydrogen (secondary N) is 1. The zero-order chi connectivity index (χ0) is 14.1. The SMILES string of the molecule is COCCNCC(=O)N1CCC(OCC(C)C)CC1.Cl. The van der Waals surface area contributed by atoms with Crippen LogP contribution < -0.4 is 5.32 Å². The lowest BCUT2D eigenvalue weighted by Crippen LogP contribution is -2.45. The van der Waals surface area contributed by atoms with Gasteiger partial charge in [-0.2, -0.15) is 0 Å². The molecule has 0 aromatic rings. The Morgan fingerprint density at radius 1 is 1.35 bits per heavy atom. The van der Waals surface area contributed by atoms with E-state index in [1.807, 2.05) is 4.90 Å². The third-order valence-electron chi connectivity index (χ3n) is 3.22. The molecule has 6 heteroatoms. The van der Waals surface area contributed by atoms with Gasteiger partial charge in [0.05, 0.1) is 19.3 Å². The van der Waals surface area contributed by atoms with Crippen molar-refractivity contribution >= 4 is 18.3 Å². The molecule has 0 unspecified atom stereocenters. The van der Waals surface area contributed by atoms with E-state index in [9.17, 15) is 4.79 Å². The molecular formula is C14H29ClN2O3. The third-order valence-corrected chi connectivity index (χ3v) is 3.22. The normalized spacial score (nSPS) is 16.3. The monoisotopic (exact) mass is 308 g/mol. The molecule has 0 saturated carbocycles. The smallest absolute Gasteiger partial charge is 0.236 e. The molecule has 0 atom stereocenters. The fourth-order valence-electron chi connectivity index (χ4n) is 2.08. The predicted octanol–water partition coefficient (Wildman–Crippen LogP) is 1.31. The van der Waals surface area contributed by atoms with E-state index in [1.54, 1.807) is 7.11 Å². The van der Waals surface area contributed by atoms with Crippen LogP contribution in [0.2, 0.25) is 0 Å². The van der Waals surface area contributed by atoms with E-state index < -0.39 is 0 Å². The molecule has 0 aromatic carbocycles. The van der Waals surface area contributed by atoms with Gasteiger partial charge in [-0.25, -0.2) is 0 Å². The highest BCUT2D eigenvalue weighted by molar-refractivity contribution is 5.85. The minimum atomic E-state index is 0. The molecule has 1 rings (SSSR count). The number of rotatable bonds is 8. The van der Waals surface area contributed by atoms with Crippen molar-refractivity contribution < 1.29 is 14.3 Å². The van der Waals surface area contributed by atoms with Crippen LogP contribution in [0.1, 0.15) is 26.7 Å². The molecule has 1 heterocycles. The molecule has 0 aromatic heterocycles. The fraction of sp³-hybridized carbons (Fsp3) is 0.929. The molecule has 1 aliphatic rings. The first-order chi connectivity index (χ1) is 9.13. The zero-order valence-corrected chi connectivity index (χ0v) is 13.7. The van der Waals surface area contributed by atoms with E-state index >= 15 is 0 Å². The molecular weight excluding hydrogens is 280 g/mol. The molecule has 1 N–H and O–H groups in total. The number of ether oxygens (including phenoxy) is 2. The Morgan fingerprint density at radius 3 is 2.55 bits per heavy atom. The van der Waals surface area contributed by atoms with Crippen LogP contribution in [0.3, 0.4) is 0 Å². The Morgan fingerprint density at radius 2 is 2.00 bits per heavy atom. The van der Waals surface area contributed by atoms with Crippen molar-refractivity contribution in [2.75, 3.05) is 46.5 Å². The number of methoxy groups -OCH3 is 1. The van der Waals surface area contributed by atoms with Gasteiger partial charge in [-0.1, -0.05) is 13.8 Å². The van der Waals surface area contributed by atoms with Crippen LogP contribution in [0.5, 0.6) is 0 Å². The highest BCUT2D eigenvalue weighted by Crippen LogP contribution is 2.14. The summed E-state index contributed by atoms with van der Waals surface area (Å²) in [6.45, 7) is 8.52. The van der Waals surface area contributed by atoms with Crippen LogP contribution in [-0.2, 0) is 14.3 Å². The Labute approximate surface area is 128 Å². The van der Waals surface area contributed by atoms with Gasteiger partial charge in [-0.15, -0.1) is 12.4 Å². The largest absolute Gasteiger partial charge is 0.383 e.